The summed E-state index contributed by atoms with van der Waals surface area (Å²) < 4.78 is 16.2. The first-order valence-electron chi connectivity index (χ1n) is 29.3. The largest absolute Gasteiger partial charge is 0.427 e. The molecular weight excluding hydrogens is 1250 g/mol. The number of guanidine groups is 1. The molecule has 0 radical (unpaired) electrons. The number of benzene rings is 2. The summed E-state index contributed by atoms with van der Waals surface area (Å²) in [7, 11) is 1.91. The summed E-state index contributed by atoms with van der Waals surface area (Å²) >= 11 is 0. The van der Waals surface area contributed by atoms with Crippen LogP contribution in [-0.4, -0.2) is 226 Å². The van der Waals surface area contributed by atoms with Gasteiger partial charge in [0.2, 0.25) is 65.0 Å². The Morgan fingerprint density at radius 2 is 1.32 bits per heavy atom. The molecule has 0 unspecified atom stereocenters. The number of aliphatic hydroxyl groups excluding tert-OH is 4. The number of rotatable bonds is 26. The van der Waals surface area contributed by atoms with E-state index in [9.17, 15) is 78.0 Å². The standard InChI is InChI=1S/C56H81N15O19S2/c57-31-26-91-92-27-37(54(87)71-19-5-10-38(71)53(86)66-32(9-4-18-63-56(61)62)48(81)64-24-42(60)75)70-52(85)36(23-41(59)74)69-49(82)33(16-17-40(58)73)65-50(83)35(21-28-7-2-1-3-8-28)68-51(84)34(67-47(31)80)22-29-12-14-30(15-13-29)89-43(76)11-6-20-88-55-46(79)45(78)44(77)39(25-72)90-55/h1-3,7-8,12-15,31-39,44-46,55,72,77-79H,4-6,9-11,16-27,57H2,(H2,58,73)(H2,59,74)(H2,60,75)(H,64,81)(H,65,83)(H,66,86)(H,67,80)(H,68,84)(H,69,82)(H,70,85)(H4,61,62,63)/t31-,32-,33-,34-,35-,36-,37-,38-,39+,44+,45-,46+,55+/m0/s1. The summed E-state index contributed by atoms with van der Waals surface area (Å²) in [6, 6.07) is 2.10. The molecule has 5 rings (SSSR count). The summed E-state index contributed by atoms with van der Waals surface area (Å²) in [6.45, 7) is -1.35. The maximum absolute atomic E-state index is 14.7. The van der Waals surface area contributed by atoms with E-state index in [2.05, 4.69) is 42.2 Å². The van der Waals surface area contributed by atoms with Crippen molar-refractivity contribution < 1.29 is 92.2 Å². The molecular formula is C56H81N15O19S2. The van der Waals surface area contributed by atoms with E-state index in [1.165, 1.54) is 24.3 Å². The average molecular weight is 1330 g/mol. The van der Waals surface area contributed by atoms with Crippen molar-refractivity contribution in [3.63, 3.8) is 0 Å². The maximum Gasteiger partial charge on any atom is 0.311 e. The number of nitrogens with zero attached hydrogens (tertiary/aromatic N) is 2. The topological polar surface area (TPSA) is 569 Å². The number of primary amides is 3. The van der Waals surface area contributed by atoms with Crippen LogP contribution in [0.3, 0.4) is 0 Å². The molecule has 92 heavy (non-hydrogen) atoms. The highest BCUT2D eigenvalue weighted by Gasteiger charge is 2.45. The van der Waals surface area contributed by atoms with Crippen molar-refractivity contribution in [3.8, 4) is 5.75 Å². The molecule has 0 aliphatic carbocycles. The lowest BCUT2D eigenvalue weighted by Crippen LogP contribution is -2.61. The van der Waals surface area contributed by atoms with Gasteiger partial charge >= 0.3 is 5.97 Å². The number of aliphatic imine (C=N–C) groups is 1. The number of hydrogen-bond donors (Lipinski definition) is 17. The van der Waals surface area contributed by atoms with Crippen molar-refractivity contribution in [3.05, 3.63) is 65.7 Å². The van der Waals surface area contributed by atoms with Crippen molar-refractivity contribution in [2.75, 3.05) is 44.4 Å². The molecule has 23 N–H and O–H groups in total. The van der Waals surface area contributed by atoms with E-state index in [4.69, 9.17) is 48.6 Å². The van der Waals surface area contributed by atoms with Crippen LogP contribution in [-0.2, 0) is 79.8 Å². The van der Waals surface area contributed by atoms with Gasteiger partial charge in [0.15, 0.2) is 12.2 Å². The number of esters is 1. The minimum Gasteiger partial charge on any atom is -0.427 e. The minimum atomic E-state index is -1.84. The fourth-order valence-corrected chi connectivity index (χ4v) is 11.9. The molecule has 3 aliphatic heterocycles. The number of aliphatic hydroxyl groups is 4. The molecule has 11 amide bonds. The lowest BCUT2D eigenvalue weighted by atomic mass is 9.99. The fourth-order valence-electron chi connectivity index (χ4n) is 9.66. The number of nitrogens with one attached hydrogen (secondary N) is 7. The van der Waals surface area contributed by atoms with Crippen molar-refractivity contribution >= 4 is 98.5 Å². The molecule has 2 aromatic carbocycles. The third-order valence-electron chi connectivity index (χ3n) is 14.5. The molecule has 0 spiro atoms. The van der Waals surface area contributed by atoms with Crippen LogP contribution in [0.25, 0.3) is 0 Å². The Balaban J connectivity index is 1.41. The van der Waals surface area contributed by atoms with Gasteiger partial charge in [-0.05, 0) is 61.8 Å². The molecule has 13 atom stereocenters. The van der Waals surface area contributed by atoms with Gasteiger partial charge in [-0.15, -0.1) is 0 Å². The zero-order valence-corrected chi connectivity index (χ0v) is 51.7. The van der Waals surface area contributed by atoms with Crippen LogP contribution in [0, 0.1) is 0 Å². The molecule has 2 aromatic rings. The Hall–Kier alpha value is -8.23. The van der Waals surface area contributed by atoms with E-state index in [1.807, 2.05) is 0 Å². The third-order valence-corrected chi connectivity index (χ3v) is 17.0. The van der Waals surface area contributed by atoms with Crippen molar-refractivity contribution in [1.29, 1.82) is 0 Å². The zero-order chi connectivity index (χ0) is 67.6. The SMILES string of the molecule is NC(=O)CC[C@@H]1NC(=O)[C@H](Cc2ccccc2)NC(=O)[C@H](Cc2ccc(OC(=O)CCCO[C@@H]3O[C@H](CO)[C@@H](O)[C@H](O)[C@H]3O)cc2)NC(=O)[C@@H](N)CSSC[C@@H](C(=O)N2CCC[C@H]2C(=O)N[C@@H](CCCN=C(N)N)C(=O)NCC(N)=O)NC(=O)[C@H](CC(N)=O)NC1=O. The van der Waals surface area contributed by atoms with Gasteiger partial charge in [0.25, 0.3) is 0 Å². The summed E-state index contributed by atoms with van der Waals surface area (Å²) in [5.41, 5.74) is 34.5. The van der Waals surface area contributed by atoms with E-state index in [0.717, 1.165) is 26.5 Å². The van der Waals surface area contributed by atoms with E-state index in [1.54, 1.807) is 30.3 Å². The maximum atomic E-state index is 14.7. The molecule has 0 saturated carbocycles. The number of carbonyl (C=O) groups excluding carboxylic acids is 12. The first kappa shape index (κ1) is 74.5. The number of hydrogen-bond acceptors (Lipinski definition) is 23. The van der Waals surface area contributed by atoms with E-state index >= 15 is 0 Å². The molecule has 3 fully saturated rings. The normalized spacial score (nSPS) is 25.6. The summed E-state index contributed by atoms with van der Waals surface area (Å²) in [5.74, 6) is -11.7. The molecule has 506 valence electrons. The Morgan fingerprint density at radius 3 is 1.95 bits per heavy atom. The highest BCUT2D eigenvalue weighted by Crippen LogP contribution is 2.27. The highest BCUT2D eigenvalue weighted by atomic mass is 33.1. The number of nitrogens with two attached hydrogens (primary N) is 6. The van der Waals surface area contributed by atoms with Gasteiger partial charge in [0, 0.05) is 50.3 Å². The summed E-state index contributed by atoms with van der Waals surface area (Å²) in [5, 5.41) is 57.4. The molecule has 34 nitrogen and oxygen atoms in total. The number of ether oxygens (including phenoxy) is 3. The van der Waals surface area contributed by atoms with E-state index in [0.29, 0.717) is 11.1 Å². The van der Waals surface area contributed by atoms with Crippen molar-refractivity contribution in [2.45, 2.75) is 150 Å². The van der Waals surface area contributed by atoms with Crippen LogP contribution in [0.5, 0.6) is 5.75 Å². The van der Waals surface area contributed by atoms with Crippen LogP contribution in [0.2, 0.25) is 0 Å². The molecule has 3 saturated heterocycles. The molecule has 0 aromatic heterocycles. The van der Waals surface area contributed by atoms with Crippen LogP contribution in [0.15, 0.2) is 59.6 Å². The van der Waals surface area contributed by atoms with Crippen molar-refractivity contribution in [2.24, 2.45) is 39.4 Å². The Bertz CT molecular complexity index is 2930. The fraction of sp³-hybridized carbons (Fsp3) is 0.554. The van der Waals surface area contributed by atoms with Gasteiger partial charge in [0.05, 0.1) is 32.2 Å². The highest BCUT2D eigenvalue weighted by molar-refractivity contribution is 8.76. The first-order valence-corrected chi connectivity index (χ1v) is 31.8. The lowest BCUT2D eigenvalue weighted by Gasteiger charge is -2.39. The number of likely N-dealkylation sites (tertiary alicyclic amines) is 1. The zero-order valence-electron chi connectivity index (χ0n) is 50.0. The molecule has 36 heteroatoms. The molecule has 3 heterocycles. The van der Waals surface area contributed by atoms with Gasteiger partial charge in [-0.25, -0.2) is 0 Å². The van der Waals surface area contributed by atoms with Gasteiger partial charge in [-0.3, -0.25) is 62.5 Å². The third kappa shape index (κ3) is 24.1. The monoisotopic (exact) mass is 1330 g/mol. The van der Waals surface area contributed by atoms with Crippen LogP contribution < -0.4 is 76.4 Å². The number of carbonyl (C=O) groups is 12. The van der Waals surface area contributed by atoms with Gasteiger partial charge in [0.1, 0.15) is 72.5 Å². The predicted molar refractivity (Wildman–Crippen MR) is 328 cm³/mol. The predicted octanol–water partition coefficient (Wildman–Crippen LogP) is -7.61. The van der Waals surface area contributed by atoms with Gasteiger partial charge in [-0.2, -0.15) is 0 Å². The van der Waals surface area contributed by atoms with Crippen LogP contribution >= 0.6 is 21.6 Å². The Kier molecular flexibility index (Phi) is 30.2. The summed E-state index contributed by atoms with van der Waals surface area (Å²) in [4.78, 5) is 168. The number of amides is 11. The first-order chi connectivity index (χ1) is 43.7. The smallest absolute Gasteiger partial charge is 0.311 e. The minimum absolute atomic E-state index is 0.0263. The average Bonchev–Trinajstić information content (AvgIpc) is 1.49. The molecule has 0 bridgehead atoms. The summed E-state index contributed by atoms with van der Waals surface area (Å²) in [6.07, 6.45) is -9.45. The van der Waals surface area contributed by atoms with E-state index < -0.39 is 182 Å². The van der Waals surface area contributed by atoms with E-state index in [-0.39, 0.29) is 94.3 Å². The quantitative estimate of drug-likeness (QED) is 0.0104. The van der Waals surface area contributed by atoms with Gasteiger partial charge < -0.3 is 111 Å². The second-order valence-corrected chi connectivity index (χ2v) is 24.3. The molecule has 3 aliphatic rings. The Labute approximate surface area is 535 Å². The lowest BCUT2D eigenvalue weighted by molar-refractivity contribution is -0.301. The van der Waals surface area contributed by atoms with Crippen molar-refractivity contribution in [1.82, 2.24) is 42.1 Å². The second kappa shape index (κ2) is 37.3. The van der Waals surface area contributed by atoms with Crippen LogP contribution in [0.1, 0.15) is 68.9 Å². The second-order valence-electron chi connectivity index (χ2n) is 21.7. The van der Waals surface area contributed by atoms with Crippen LogP contribution in [0.4, 0.5) is 0 Å². The Morgan fingerprint density at radius 1 is 0.707 bits per heavy atom. The van der Waals surface area contributed by atoms with Gasteiger partial charge in [-0.1, -0.05) is 64.1 Å².